The molecule has 0 bridgehead atoms. The van der Waals surface area contributed by atoms with E-state index < -0.39 is 0 Å². The van der Waals surface area contributed by atoms with Crippen LogP contribution in [0.2, 0.25) is 0 Å². The monoisotopic (exact) mass is 306 g/mol. The topological polar surface area (TPSA) is 6.48 Å². The molecule has 0 spiro atoms. The minimum Gasteiger partial charge on any atom is -0.342 e. The van der Waals surface area contributed by atoms with Crippen molar-refractivity contribution < 1.29 is 0 Å². The van der Waals surface area contributed by atoms with Crippen molar-refractivity contribution in [1.29, 1.82) is 0 Å². The molecule has 0 fully saturated rings. The fourth-order valence-corrected chi connectivity index (χ4v) is 3.03. The fourth-order valence-electron chi connectivity index (χ4n) is 2.51. The number of rotatable bonds is 3. The Morgan fingerprint density at radius 2 is 1.65 bits per heavy atom. The van der Waals surface area contributed by atoms with Crippen LogP contribution in [0.3, 0.4) is 0 Å². The van der Waals surface area contributed by atoms with Gasteiger partial charge in [0.05, 0.1) is 6.67 Å². The summed E-state index contributed by atoms with van der Waals surface area (Å²) in [5, 5.41) is 3.80. The highest BCUT2D eigenvalue weighted by atomic mass is 35.5. The van der Waals surface area contributed by atoms with Crippen LogP contribution in [-0.4, -0.2) is 23.0 Å². The predicted octanol–water partition coefficient (Wildman–Crippen LogP) is 4.54. The molecule has 0 aliphatic carbocycles. The number of hydrogen-bond donors (Lipinski definition) is 0. The number of benzene rings is 2. The first-order valence-electron chi connectivity index (χ1n) is 6.72. The second kappa shape index (κ2) is 5.55. The number of halogens is 2. The third kappa shape index (κ3) is 2.46. The smallest absolute Gasteiger partial charge is 0.142 e. The molecule has 0 aromatic heterocycles. The maximum absolute atomic E-state index is 6.30. The lowest BCUT2D eigenvalue weighted by molar-refractivity contribution is 0.261. The summed E-state index contributed by atoms with van der Waals surface area (Å²) in [6.45, 7) is 4.47. The Bertz CT molecular complexity index is 666. The van der Waals surface area contributed by atoms with Crippen molar-refractivity contribution in [3.63, 3.8) is 0 Å². The van der Waals surface area contributed by atoms with Crippen molar-refractivity contribution in [1.82, 2.24) is 9.80 Å². The Kier molecular flexibility index (Phi) is 3.77. The summed E-state index contributed by atoms with van der Waals surface area (Å²) in [6, 6.07) is 14.9. The number of nitrogens with zero attached hydrogens (tertiary/aromatic N) is 2. The van der Waals surface area contributed by atoms with E-state index in [9.17, 15) is 0 Å². The minimum absolute atomic E-state index is 0.640. The highest BCUT2D eigenvalue weighted by molar-refractivity contribution is 6.38. The molecule has 1 aliphatic rings. The van der Waals surface area contributed by atoms with Gasteiger partial charge in [-0.15, -0.1) is 0 Å². The average Bonchev–Trinajstić information content (AvgIpc) is 2.75. The van der Waals surface area contributed by atoms with E-state index in [4.69, 9.17) is 23.2 Å². The van der Waals surface area contributed by atoms with Crippen molar-refractivity contribution in [3.8, 4) is 0 Å². The van der Waals surface area contributed by atoms with E-state index in [2.05, 4.69) is 59.2 Å². The first kappa shape index (κ1) is 13.6. The molecule has 0 unspecified atom stereocenters. The first-order chi connectivity index (χ1) is 9.69. The van der Waals surface area contributed by atoms with Crippen LogP contribution in [-0.2, 0) is 6.54 Å². The largest absolute Gasteiger partial charge is 0.342 e. The Hall–Kier alpha value is -1.38. The summed E-state index contributed by atoms with van der Waals surface area (Å²) >= 11 is 12.5. The van der Waals surface area contributed by atoms with Gasteiger partial charge in [0.2, 0.25) is 0 Å². The molecular weight excluding hydrogens is 291 g/mol. The van der Waals surface area contributed by atoms with E-state index in [1.807, 2.05) is 0 Å². The van der Waals surface area contributed by atoms with Gasteiger partial charge in [-0.2, -0.15) is 0 Å². The van der Waals surface area contributed by atoms with Gasteiger partial charge in [-0.3, -0.25) is 0 Å². The molecule has 2 aromatic rings. The first-order valence-corrected chi connectivity index (χ1v) is 7.47. The third-order valence-electron chi connectivity index (χ3n) is 3.64. The zero-order valence-corrected chi connectivity index (χ0v) is 12.8. The molecule has 20 heavy (non-hydrogen) atoms. The molecule has 3 rings (SSSR count). The summed E-state index contributed by atoms with van der Waals surface area (Å²) in [5.41, 5.74) is 1.24. The average molecular weight is 307 g/mol. The van der Waals surface area contributed by atoms with E-state index in [-0.39, 0.29) is 0 Å². The van der Waals surface area contributed by atoms with Crippen LogP contribution in [0.25, 0.3) is 10.8 Å². The number of fused-ring (bicyclic) bond motifs is 1. The van der Waals surface area contributed by atoms with Crippen LogP contribution in [0.5, 0.6) is 0 Å². The van der Waals surface area contributed by atoms with E-state index in [0.29, 0.717) is 10.3 Å². The normalized spacial score (nSPS) is 15.6. The van der Waals surface area contributed by atoms with Crippen LogP contribution in [0, 0.1) is 0 Å². The molecule has 4 heteroatoms. The van der Waals surface area contributed by atoms with Crippen LogP contribution in [0.1, 0.15) is 12.5 Å². The van der Waals surface area contributed by atoms with Crippen molar-refractivity contribution in [2.75, 3.05) is 13.2 Å². The zero-order chi connectivity index (χ0) is 14.1. The maximum atomic E-state index is 6.30. The summed E-state index contributed by atoms with van der Waals surface area (Å²) < 4.78 is 0. The van der Waals surface area contributed by atoms with E-state index in [1.54, 1.807) is 0 Å². The lowest BCUT2D eigenvalue weighted by Gasteiger charge is -2.21. The second-order valence-corrected chi connectivity index (χ2v) is 5.67. The Balaban J connectivity index is 1.84. The van der Waals surface area contributed by atoms with Gasteiger partial charge >= 0.3 is 0 Å². The van der Waals surface area contributed by atoms with Crippen molar-refractivity contribution in [2.45, 2.75) is 13.5 Å². The minimum atomic E-state index is 0.640. The van der Waals surface area contributed by atoms with Gasteiger partial charge in [-0.25, -0.2) is 0 Å². The van der Waals surface area contributed by atoms with Crippen LogP contribution < -0.4 is 0 Å². The van der Waals surface area contributed by atoms with E-state index >= 15 is 0 Å². The van der Waals surface area contributed by atoms with Gasteiger partial charge in [0.15, 0.2) is 0 Å². The molecule has 0 atom stereocenters. The van der Waals surface area contributed by atoms with Gasteiger partial charge < -0.3 is 9.80 Å². The molecule has 2 nitrogen and oxygen atoms in total. The lowest BCUT2D eigenvalue weighted by atomic mass is 10.1. The highest BCUT2D eigenvalue weighted by Crippen LogP contribution is 2.30. The van der Waals surface area contributed by atoms with Crippen LogP contribution >= 0.6 is 23.2 Å². The van der Waals surface area contributed by atoms with E-state index in [1.165, 1.54) is 16.3 Å². The second-order valence-electron chi connectivity index (χ2n) is 4.96. The van der Waals surface area contributed by atoms with E-state index in [0.717, 1.165) is 19.8 Å². The molecule has 0 saturated heterocycles. The quantitative estimate of drug-likeness (QED) is 0.768. The third-order valence-corrected chi connectivity index (χ3v) is 4.57. The standard InChI is InChI=1S/C16H16Cl2N2/c1-2-19-11-20(16(18)15(19)17)10-12-7-8-13-5-3-4-6-14(13)9-12/h3-9H,2,10-11H2,1H3. The van der Waals surface area contributed by atoms with Gasteiger partial charge in [-0.05, 0) is 29.3 Å². The zero-order valence-electron chi connectivity index (χ0n) is 11.3. The SMILES string of the molecule is CCN1CN(Cc2ccc3ccccc3c2)C(Cl)=C1Cl. The van der Waals surface area contributed by atoms with Crippen LogP contribution in [0.4, 0.5) is 0 Å². The lowest BCUT2D eigenvalue weighted by Crippen LogP contribution is -2.26. The highest BCUT2D eigenvalue weighted by Gasteiger charge is 2.25. The predicted molar refractivity (Wildman–Crippen MR) is 85.5 cm³/mol. The van der Waals surface area contributed by atoms with Crippen molar-refractivity contribution >= 4 is 34.0 Å². The molecule has 0 radical (unpaired) electrons. The fraction of sp³-hybridized carbons (Fsp3) is 0.250. The van der Waals surface area contributed by atoms with Gasteiger partial charge in [0.25, 0.3) is 0 Å². The molecule has 0 amide bonds. The molecule has 1 aliphatic heterocycles. The number of hydrogen-bond acceptors (Lipinski definition) is 2. The van der Waals surface area contributed by atoms with Crippen LogP contribution in [0.15, 0.2) is 52.8 Å². The van der Waals surface area contributed by atoms with Gasteiger partial charge in [0, 0.05) is 13.1 Å². The Morgan fingerprint density at radius 1 is 0.950 bits per heavy atom. The molecule has 0 saturated carbocycles. The molecule has 104 valence electrons. The van der Waals surface area contributed by atoms with Crippen molar-refractivity contribution in [2.24, 2.45) is 0 Å². The molecule has 2 aromatic carbocycles. The summed E-state index contributed by atoms with van der Waals surface area (Å²) in [6.07, 6.45) is 0. The Morgan fingerprint density at radius 3 is 2.35 bits per heavy atom. The summed E-state index contributed by atoms with van der Waals surface area (Å²) in [7, 11) is 0. The van der Waals surface area contributed by atoms with Crippen molar-refractivity contribution in [3.05, 3.63) is 58.3 Å². The maximum Gasteiger partial charge on any atom is 0.142 e. The Labute approximate surface area is 129 Å². The summed E-state index contributed by atoms with van der Waals surface area (Å²) in [4.78, 5) is 4.16. The molecule has 1 heterocycles. The molecule has 0 N–H and O–H groups in total. The van der Waals surface area contributed by atoms with Gasteiger partial charge in [-0.1, -0.05) is 59.6 Å². The van der Waals surface area contributed by atoms with Gasteiger partial charge in [0.1, 0.15) is 10.3 Å². The summed E-state index contributed by atoms with van der Waals surface area (Å²) in [5.74, 6) is 0. The molecular formula is C16H16Cl2N2.